The molecule has 8 heteroatoms. The number of carbonyl (C=O) groups is 2. The van der Waals surface area contributed by atoms with Crippen LogP contribution in [0.15, 0.2) is 78.9 Å². The number of aromatic nitrogens is 2. The van der Waals surface area contributed by atoms with Gasteiger partial charge in [0.2, 0.25) is 0 Å². The highest BCUT2D eigenvalue weighted by atomic mass is 35.5. The Balaban J connectivity index is 1.30. The molecule has 1 aliphatic carbocycles. The fourth-order valence-corrected chi connectivity index (χ4v) is 4.15. The molecule has 5 rings (SSSR count). The highest BCUT2D eigenvalue weighted by molar-refractivity contribution is 6.30. The van der Waals surface area contributed by atoms with E-state index in [1.807, 2.05) is 36.4 Å². The summed E-state index contributed by atoms with van der Waals surface area (Å²) in [4.78, 5) is 25.4. The predicted molar refractivity (Wildman–Crippen MR) is 140 cm³/mol. The first-order chi connectivity index (χ1) is 17.5. The maximum absolute atomic E-state index is 12.9. The number of phenolic OH excluding ortho intramolecular Hbond substituents is 1. The fourth-order valence-electron chi connectivity index (χ4n) is 4.02. The maximum Gasteiger partial charge on any atom is 0.342 e. The van der Waals surface area contributed by atoms with Gasteiger partial charge in [0, 0.05) is 40.4 Å². The average molecular weight is 501 g/mol. The zero-order valence-electron chi connectivity index (χ0n) is 19.4. The molecule has 3 N–H and O–H groups in total. The van der Waals surface area contributed by atoms with Crippen LogP contribution in [0.3, 0.4) is 0 Å². The molecule has 7 nitrogen and oxygen atoms in total. The molecule has 2 amide bonds. The Labute approximate surface area is 213 Å². The summed E-state index contributed by atoms with van der Waals surface area (Å²) in [5, 5.41) is 21.5. The van der Waals surface area contributed by atoms with Crippen molar-refractivity contribution < 1.29 is 14.7 Å². The molecule has 0 spiro atoms. The van der Waals surface area contributed by atoms with Crippen molar-refractivity contribution in [3.8, 4) is 17.0 Å². The van der Waals surface area contributed by atoms with E-state index >= 15 is 0 Å². The number of nitrogens with zero attached hydrogens (tertiary/aromatic N) is 2. The summed E-state index contributed by atoms with van der Waals surface area (Å²) in [6.07, 6.45) is 2.73. The van der Waals surface area contributed by atoms with Crippen molar-refractivity contribution >= 4 is 29.2 Å². The molecule has 1 aliphatic rings. The van der Waals surface area contributed by atoms with Crippen molar-refractivity contribution in [3.63, 3.8) is 0 Å². The van der Waals surface area contributed by atoms with Crippen LogP contribution >= 0.6 is 11.6 Å². The van der Waals surface area contributed by atoms with Crippen LogP contribution in [0.4, 0.5) is 10.5 Å². The Bertz CT molecular complexity index is 1400. The lowest BCUT2D eigenvalue weighted by molar-refractivity contribution is 0.102. The summed E-state index contributed by atoms with van der Waals surface area (Å²) in [6, 6.07) is 22.9. The highest BCUT2D eigenvalue weighted by Gasteiger charge is 2.30. The van der Waals surface area contributed by atoms with E-state index in [0.717, 1.165) is 30.5 Å². The van der Waals surface area contributed by atoms with Gasteiger partial charge in [-0.15, -0.1) is 0 Å². The fraction of sp³-hybridized carbons (Fsp3) is 0.179. The van der Waals surface area contributed by atoms with Gasteiger partial charge in [-0.1, -0.05) is 41.9 Å². The van der Waals surface area contributed by atoms with E-state index < -0.39 is 0 Å². The summed E-state index contributed by atoms with van der Waals surface area (Å²) in [6.45, 7) is 0.495. The van der Waals surface area contributed by atoms with Gasteiger partial charge in [-0.05, 0) is 67.3 Å². The second kappa shape index (κ2) is 10.3. The minimum absolute atomic E-state index is 0.0413. The normalized spacial score (nSPS) is 12.8. The van der Waals surface area contributed by atoms with Crippen LogP contribution in [-0.2, 0) is 6.42 Å². The minimum atomic E-state index is -0.314. The highest BCUT2D eigenvalue weighted by Crippen LogP contribution is 2.42. The molecule has 36 heavy (non-hydrogen) atoms. The lowest BCUT2D eigenvalue weighted by Gasteiger charge is -2.09. The SMILES string of the molecule is O=C(Nc1ccc(-c2cc(C3CC3)n(C(=O)NCCc3ccccc3)n2)c(O)c1)c1ccc(Cl)cc1. The van der Waals surface area contributed by atoms with Crippen molar-refractivity contribution in [1.82, 2.24) is 15.1 Å². The lowest BCUT2D eigenvalue weighted by atomic mass is 10.1. The number of amides is 2. The summed E-state index contributed by atoms with van der Waals surface area (Å²) in [7, 11) is 0. The summed E-state index contributed by atoms with van der Waals surface area (Å²) < 4.78 is 1.41. The van der Waals surface area contributed by atoms with Gasteiger partial charge in [0.05, 0.1) is 11.4 Å². The van der Waals surface area contributed by atoms with Gasteiger partial charge in [0.1, 0.15) is 5.75 Å². The largest absolute Gasteiger partial charge is 0.507 e. The van der Waals surface area contributed by atoms with Gasteiger partial charge in [0.15, 0.2) is 0 Å². The first kappa shape index (κ1) is 23.6. The van der Waals surface area contributed by atoms with E-state index in [-0.39, 0.29) is 23.6 Å². The number of hydrogen-bond acceptors (Lipinski definition) is 4. The molecular formula is C28H25ClN4O3. The third-order valence-electron chi connectivity index (χ3n) is 6.10. The number of anilines is 1. The van der Waals surface area contributed by atoms with Gasteiger partial charge in [-0.25, -0.2) is 4.79 Å². The van der Waals surface area contributed by atoms with Gasteiger partial charge in [0.25, 0.3) is 5.91 Å². The Kier molecular flexibility index (Phi) is 6.73. The zero-order chi connectivity index (χ0) is 25.1. The van der Waals surface area contributed by atoms with Gasteiger partial charge < -0.3 is 15.7 Å². The molecule has 0 aliphatic heterocycles. The number of aromatic hydroxyl groups is 1. The minimum Gasteiger partial charge on any atom is -0.507 e. The van der Waals surface area contributed by atoms with Crippen molar-refractivity contribution in [2.24, 2.45) is 0 Å². The van der Waals surface area contributed by atoms with Crippen molar-refractivity contribution in [1.29, 1.82) is 0 Å². The summed E-state index contributed by atoms with van der Waals surface area (Å²) >= 11 is 5.88. The van der Waals surface area contributed by atoms with Crippen LogP contribution < -0.4 is 10.6 Å². The monoisotopic (exact) mass is 500 g/mol. The molecule has 182 valence electrons. The Morgan fingerprint density at radius 3 is 2.44 bits per heavy atom. The summed E-state index contributed by atoms with van der Waals surface area (Å²) in [5.74, 6) is -0.0714. The van der Waals surface area contributed by atoms with Crippen LogP contribution in [-0.4, -0.2) is 33.4 Å². The topological polar surface area (TPSA) is 96.3 Å². The molecule has 0 saturated heterocycles. The molecule has 1 aromatic heterocycles. The first-order valence-electron chi connectivity index (χ1n) is 11.8. The van der Waals surface area contributed by atoms with E-state index in [2.05, 4.69) is 15.7 Å². The quantitative estimate of drug-likeness (QED) is 0.297. The Morgan fingerprint density at radius 1 is 1.00 bits per heavy atom. The van der Waals surface area contributed by atoms with Crippen LogP contribution in [0.5, 0.6) is 5.75 Å². The van der Waals surface area contributed by atoms with E-state index in [9.17, 15) is 14.7 Å². The van der Waals surface area contributed by atoms with E-state index in [4.69, 9.17) is 11.6 Å². The number of carbonyl (C=O) groups excluding carboxylic acids is 2. The van der Waals surface area contributed by atoms with Crippen LogP contribution in [0.2, 0.25) is 5.02 Å². The number of phenols is 1. The molecule has 0 bridgehead atoms. The molecule has 1 saturated carbocycles. The lowest BCUT2D eigenvalue weighted by Crippen LogP contribution is -2.32. The molecule has 0 atom stereocenters. The molecular weight excluding hydrogens is 476 g/mol. The maximum atomic E-state index is 12.9. The number of nitrogens with one attached hydrogen (secondary N) is 2. The predicted octanol–water partition coefficient (Wildman–Crippen LogP) is 5.84. The summed E-state index contributed by atoms with van der Waals surface area (Å²) in [5.41, 5.74) is 3.86. The van der Waals surface area contributed by atoms with Crippen molar-refractivity contribution in [2.75, 3.05) is 11.9 Å². The van der Waals surface area contributed by atoms with Crippen molar-refractivity contribution in [2.45, 2.75) is 25.2 Å². The third kappa shape index (κ3) is 5.42. The van der Waals surface area contributed by atoms with Gasteiger partial charge in [-0.2, -0.15) is 9.78 Å². The van der Waals surface area contributed by atoms with Gasteiger partial charge in [-0.3, -0.25) is 4.79 Å². The molecule has 1 heterocycles. The second-order valence-electron chi connectivity index (χ2n) is 8.80. The van der Waals surface area contributed by atoms with Crippen LogP contribution in [0.1, 0.15) is 40.4 Å². The van der Waals surface area contributed by atoms with E-state index in [1.165, 1.54) is 10.7 Å². The van der Waals surface area contributed by atoms with Crippen LogP contribution in [0, 0.1) is 0 Å². The van der Waals surface area contributed by atoms with E-state index in [1.54, 1.807) is 36.4 Å². The van der Waals surface area contributed by atoms with E-state index in [0.29, 0.717) is 34.1 Å². The Hall–Kier alpha value is -4.10. The zero-order valence-corrected chi connectivity index (χ0v) is 20.2. The third-order valence-corrected chi connectivity index (χ3v) is 6.35. The first-order valence-corrected chi connectivity index (χ1v) is 12.2. The van der Waals surface area contributed by atoms with Crippen LogP contribution in [0.25, 0.3) is 11.3 Å². The molecule has 1 fully saturated rings. The molecule has 3 aromatic carbocycles. The molecule has 4 aromatic rings. The number of benzene rings is 3. The van der Waals surface area contributed by atoms with Gasteiger partial charge >= 0.3 is 6.03 Å². The standard InChI is InChI=1S/C28H25ClN4O3/c29-21-10-8-20(9-11-21)27(35)31-22-12-13-23(26(34)16-22)24-17-25(19-6-7-19)33(32-24)28(36)30-15-14-18-4-2-1-3-5-18/h1-5,8-13,16-17,19,34H,6-7,14-15H2,(H,30,36)(H,31,35). The molecule has 0 unspecified atom stereocenters. The van der Waals surface area contributed by atoms with Crippen molar-refractivity contribution in [3.05, 3.63) is 101 Å². The number of hydrogen-bond donors (Lipinski definition) is 3. The molecule has 0 radical (unpaired) electrons. The number of halogens is 1. The Morgan fingerprint density at radius 2 is 1.75 bits per heavy atom. The average Bonchev–Trinajstić information content (AvgIpc) is 3.63. The smallest absolute Gasteiger partial charge is 0.342 e. The number of rotatable bonds is 7. The second-order valence-corrected chi connectivity index (χ2v) is 9.24.